The molecule has 0 aliphatic heterocycles. The van der Waals surface area contributed by atoms with Gasteiger partial charge in [-0.1, -0.05) is 12.1 Å². The average Bonchev–Trinajstić information content (AvgIpc) is 2.88. The number of nitrogens with one attached hydrogen (secondary N) is 1. The standard InChI is InChI=1S/C15H9F3N4/c1-20-9-3-4-11(15(16,17)18)10(7-9)12-6-8-2-5-13(19)22-14(8)21-12/h2-7H,(H3,19,21,22). The highest BCUT2D eigenvalue weighted by Gasteiger charge is 2.34. The minimum absolute atomic E-state index is 0.0856. The van der Waals surface area contributed by atoms with Crippen molar-refractivity contribution in [2.24, 2.45) is 0 Å². The number of H-pyrrole nitrogens is 1. The number of nitrogen functional groups attached to an aromatic ring is 1. The Morgan fingerprint density at radius 3 is 2.59 bits per heavy atom. The van der Waals surface area contributed by atoms with Crippen molar-refractivity contribution in [3.63, 3.8) is 0 Å². The van der Waals surface area contributed by atoms with Gasteiger partial charge >= 0.3 is 6.18 Å². The van der Waals surface area contributed by atoms with Crippen LogP contribution in [0.3, 0.4) is 0 Å². The van der Waals surface area contributed by atoms with Gasteiger partial charge in [0.15, 0.2) is 5.69 Å². The van der Waals surface area contributed by atoms with Crippen molar-refractivity contribution in [1.82, 2.24) is 9.97 Å². The average molecular weight is 302 g/mol. The number of aromatic nitrogens is 2. The van der Waals surface area contributed by atoms with Gasteiger partial charge in [-0.3, -0.25) is 0 Å². The second-order valence-electron chi connectivity index (χ2n) is 4.70. The molecule has 0 fully saturated rings. The molecule has 0 spiro atoms. The van der Waals surface area contributed by atoms with Crippen LogP contribution < -0.4 is 5.73 Å². The van der Waals surface area contributed by atoms with E-state index in [9.17, 15) is 13.2 Å². The zero-order valence-electron chi connectivity index (χ0n) is 11.1. The molecular formula is C15H9F3N4. The molecule has 0 bridgehead atoms. The minimum Gasteiger partial charge on any atom is -0.384 e. The predicted octanol–water partition coefficient (Wildman–Crippen LogP) is 4.38. The Bertz CT molecular complexity index is 903. The van der Waals surface area contributed by atoms with E-state index < -0.39 is 11.7 Å². The van der Waals surface area contributed by atoms with Crippen LogP contribution in [-0.4, -0.2) is 9.97 Å². The fourth-order valence-electron chi connectivity index (χ4n) is 2.24. The first kappa shape index (κ1) is 13.9. The van der Waals surface area contributed by atoms with E-state index >= 15 is 0 Å². The number of pyridine rings is 1. The second kappa shape index (κ2) is 4.77. The zero-order valence-corrected chi connectivity index (χ0v) is 11.1. The molecule has 7 heteroatoms. The molecule has 1 aromatic carbocycles. The Balaban J connectivity index is 2.26. The molecule has 110 valence electrons. The molecule has 0 radical (unpaired) electrons. The molecule has 3 N–H and O–H groups in total. The van der Waals surface area contributed by atoms with E-state index in [1.807, 2.05) is 0 Å². The zero-order chi connectivity index (χ0) is 15.9. The number of aromatic amines is 1. The molecule has 2 aromatic heterocycles. The molecule has 0 aliphatic carbocycles. The van der Waals surface area contributed by atoms with Crippen molar-refractivity contribution in [1.29, 1.82) is 0 Å². The molecule has 3 aromatic rings. The van der Waals surface area contributed by atoms with Gasteiger partial charge in [0, 0.05) is 11.1 Å². The van der Waals surface area contributed by atoms with Crippen LogP contribution in [0.5, 0.6) is 0 Å². The maximum Gasteiger partial charge on any atom is 0.416 e. The van der Waals surface area contributed by atoms with Crippen molar-refractivity contribution in [2.75, 3.05) is 5.73 Å². The van der Waals surface area contributed by atoms with Crippen LogP contribution in [0.1, 0.15) is 5.56 Å². The lowest BCUT2D eigenvalue weighted by molar-refractivity contribution is -0.137. The Morgan fingerprint density at radius 1 is 1.14 bits per heavy atom. The third-order valence-corrected chi connectivity index (χ3v) is 3.23. The number of fused-ring (bicyclic) bond motifs is 1. The van der Waals surface area contributed by atoms with Crippen molar-refractivity contribution < 1.29 is 13.2 Å². The van der Waals surface area contributed by atoms with E-state index in [0.717, 1.165) is 12.1 Å². The van der Waals surface area contributed by atoms with Crippen molar-refractivity contribution in [3.8, 4) is 11.3 Å². The summed E-state index contributed by atoms with van der Waals surface area (Å²) in [6.45, 7) is 6.97. The maximum absolute atomic E-state index is 13.2. The highest BCUT2D eigenvalue weighted by Crippen LogP contribution is 2.39. The van der Waals surface area contributed by atoms with Crippen molar-refractivity contribution in [3.05, 3.63) is 53.4 Å². The van der Waals surface area contributed by atoms with E-state index in [4.69, 9.17) is 12.3 Å². The SMILES string of the molecule is [C-]#[N+]c1ccc(C(F)(F)F)c(-c2cc3ccc(N)nc3[nH]2)c1. The van der Waals surface area contributed by atoms with Gasteiger partial charge in [0.1, 0.15) is 11.5 Å². The third kappa shape index (κ3) is 2.35. The summed E-state index contributed by atoms with van der Waals surface area (Å²) in [6.07, 6.45) is -4.51. The Morgan fingerprint density at radius 2 is 1.91 bits per heavy atom. The summed E-state index contributed by atoms with van der Waals surface area (Å²) < 4.78 is 39.5. The van der Waals surface area contributed by atoms with Gasteiger partial charge < -0.3 is 10.7 Å². The summed E-state index contributed by atoms with van der Waals surface area (Å²) in [6, 6.07) is 8.07. The quantitative estimate of drug-likeness (QED) is 0.655. The van der Waals surface area contributed by atoms with Crippen molar-refractivity contribution in [2.45, 2.75) is 6.18 Å². The highest BCUT2D eigenvalue weighted by atomic mass is 19.4. The molecule has 0 unspecified atom stereocenters. The van der Waals surface area contributed by atoms with Gasteiger partial charge in [0.05, 0.1) is 12.1 Å². The van der Waals surface area contributed by atoms with Gasteiger partial charge in [0.2, 0.25) is 0 Å². The number of hydrogen-bond donors (Lipinski definition) is 2. The van der Waals surface area contributed by atoms with E-state index in [0.29, 0.717) is 11.0 Å². The number of rotatable bonds is 1. The number of nitrogens with two attached hydrogens (primary N) is 1. The van der Waals surface area contributed by atoms with E-state index in [-0.39, 0.29) is 22.8 Å². The molecule has 0 saturated carbocycles. The van der Waals surface area contributed by atoms with E-state index in [1.165, 1.54) is 6.07 Å². The number of nitrogens with zero attached hydrogens (tertiary/aromatic N) is 2. The van der Waals surface area contributed by atoms with Gasteiger partial charge in [-0.05, 0) is 29.8 Å². The highest BCUT2D eigenvalue weighted by molar-refractivity contribution is 5.85. The first-order chi connectivity index (χ1) is 10.4. The van der Waals surface area contributed by atoms with Crippen LogP contribution in [0.15, 0.2) is 36.4 Å². The van der Waals surface area contributed by atoms with Gasteiger partial charge in [-0.15, -0.1) is 0 Å². The van der Waals surface area contributed by atoms with Crippen LogP contribution in [-0.2, 0) is 6.18 Å². The normalized spacial score (nSPS) is 11.5. The Kier molecular flexibility index (Phi) is 3.03. The summed E-state index contributed by atoms with van der Waals surface area (Å²) in [4.78, 5) is 10.0. The van der Waals surface area contributed by atoms with Crippen LogP contribution in [0.2, 0.25) is 0 Å². The predicted molar refractivity (Wildman–Crippen MR) is 77.2 cm³/mol. The second-order valence-corrected chi connectivity index (χ2v) is 4.70. The van der Waals surface area contributed by atoms with Crippen molar-refractivity contribution >= 4 is 22.5 Å². The molecule has 0 amide bonds. The summed E-state index contributed by atoms with van der Waals surface area (Å²) in [5, 5.41) is 0.644. The molecule has 0 saturated heterocycles. The van der Waals surface area contributed by atoms with E-state index in [1.54, 1.807) is 18.2 Å². The van der Waals surface area contributed by atoms with Crippen LogP contribution in [0.25, 0.3) is 27.1 Å². The number of hydrogen-bond acceptors (Lipinski definition) is 2. The molecule has 22 heavy (non-hydrogen) atoms. The minimum atomic E-state index is -4.51. The summed E-state index contributed by atoms with van der Waals surface area (Å²) in [7, 11) is 0. The maximum atomic E-state index is 13.2. The lowest BCUT2D eigenvalue weighted by Gasteiger charge is -2.12. The third-order valence-electron chi connectivity index (χ3n) is 3.23. The summed E-state index contributed by atoms with van der Waals surface area (Å²) >= 11 is 0. The lowest BCUT2D eigenvalue weighted by Crippen LogP contribution is -2.07. The number of halogens is 3. The summed E-state index contributed by atoms with van der Waals surface area (Å²) in [5.41, 5.74) is 5.45. The molecule has 2 heterocycles. The molecule has 4 nitrogen and oxygen atoms in total. The number of alkyl halides is 3. The molecule has 0 aliphatic rings. The molecule has 3 rings (SSSR count). The lowest BCUT2D eigenvalue weighted by atomic mass is 10.0. The van der Waals surface area contributed by atoms with Gasteiger partial charge in [-0.25, -0.2) is 9.83 Å². The fraction of sp³-hybridized carbons (Fsp3) is 0.0667. The number of benzene rings is 1. The number of anilines is 1. The van der Waals surface area contributed by atoms with E-state index in [2.05, 4.69) is 14.8 Å². The first-order valence-corrected chi connectivity index (χ1v) is 6.23. The van der Waals surface area contributed by atoms with Gasteiger partial charge in [0.25, 0.3) is 0 Å². The summed E-state index contributed by atoms with van der Waals surface area (Å²) in [5.74, 6) is 0.270. The first-order valence-electron chi connectivity index (χ1n) is 6.23. The Hall–Kier alpha value is -3.01. The van der Waals surface area contributed by atoms with Gasteiger partial charge in [-0.2, -0.15) is 13.2 Å². The molecule has 0 atom stereocenters. The topological polar surface area (TPSA) is 59.1 Å². The monoisotopic (exact) mass is 302 g/mol. The van der Waals surface area contributed by atoms with Crippen LogP contribution in [0, 0.1) is 6.57 Å². The molecular weight excluding hydrogens is 293 g/mol. The smallest absolute Gasteiger partial charge is 0.384 e. The fourth-order valence-corrected chi connectivity index (χ4v) is 2.24. The largest absolute Gasteiger partial charge is 0.416 e. The van der Waals surface area contributed by atoms with Crippen LogP contribution >= 0.6 is 0 Å². The van der Waals surface area contributed by atoms with Crippen LogP contribution in [0.4, 0.5) is 24.7 Å². The Labute approximate surface area is 123 Å².